The number of nitrogens with zero attached hydrogens (tertiary/aromatic N) is 1. The van der Waals surface area contributed by atoms with Crippen LogP contribution in [0.4, 0.5) is 0 Å². The molecule has 1 unspecified atom stereocenters. The normalized spacial score (nSPS) is 33.8. The summed E-state index contributed by atoms with van der Waals surface area (Å²) in [5.41, 5.74) is 0. The Kier molecular flexibility index (Phi) is 5.93. The van der Waals surface area contributed by atoms with Gasteiger partial charge in [-0.25, -0.2) is 0 Å². The zero-order chi connectivity index (χ0) is 12.8. The lowest BCUT2D eigenvalue weighted by molar-refractivity contribution is 0.0670. The average Bonchev–Trinajstić information content (AvgIpc) is 2.46. The molecule has 2 fully saturated rings. The van der Waals surface area contributed by atoms with Crippen LogP contribution in [0.15, 0.2) is 0 Å². The monoisotopic (exact) mass is 254 g/mol. The maximum Gasteiger partial charge on any atom is 0.0620 e. The van der Waals surface area contributed by atoms with Crippen LogP contribution in [0.2, 0.25) is 0 Å². The zero-order valence-corrected chi connectivity index (χ0v) is 12.2. The van der Waals surface area contributed by atoms with E-state index in [1.807, 2.05) is 0 Å². The fourth-order valence-corrected chi connectivity index (χ4v) is 3.34. The highest BCUT2D eigenvalue weighted by atomic mass is 16.5. The van der Waals surface area contributed by atoms with E-state index >= 15 is 0 Å². The van der Waals surface area contributed by atoms with E-state index in [1.54, 1.807) is 0 Å². The van der Waals surface area contributed by atoms with E-state index in [1.165, 1.54) is 45.1 Å². The molecule has 0 aromatic heterocycles. The molecule has 1 heterocycles. The van der Waals surface area contributed by atoms with Crippen molar-refractivity contribution in [3.63, 3.8) is 0 Å². The fraction of sp³-hybridized carbons (Fsp3) is 1.00. The summed E-state index contributed by atoms with van der Waals surface area (Å²) in [6.07, 6.45) is 8.30. The van der Waals surface area contributed by atoms with Crippen LogP contribution in [0.1, 0.15) is 45.4 Å². The smallest absolute Gasteiger partial charge is 0.0620 e. The van der Waals surface area contributed by atoms with Crippen molar-refractivity contribution in [3.05, 3.63) is 0 Å². The first-order valence-electron chi connectivity index (χ1n) is 7.81. The minimum atomic E-state index is 0.577. The minimum absolute atomic E-state index is 0.577. The number of morpholine rings is 1. The molecule has 0 aromatic carbocycles. The second-order valence-corrected chi connectivity index (χ2v) is 6.08. The summed E-state index contributed by atoms with van der Waals surface area (Å²) in [7, 11) is 2.31. The van der Waals surface area contributed by atoms with Gasteiger partial charge < -0.3 is 15.0 Å². The van der Waals surface area contributed by atoms with Gasteiger partial charge in [0.2, 0.25) is 0 Å². The Morgan fingerprint density at radius 3 is 2.61 bits per heavy atom. The number of rotatable bonds is 5. The summed E-state index contributed by atoms with van der Waals surface area (Å²) in [6.45, 7) is 6.35. The molecular formula is C15H30N2O. The minimum Gasteiger partial charge on any atom is -0.379 e. The molecule has 0 radical (unpaired) electrons. The van der Waals surface area contributed by atoms with E-state index in [-0.39, 0.29) is 0 Å². The molecule has 2 rings (SSSR count). The first-order chi connectivity index (χ1) is 8.79. The molecule has 1 aliphatic carbocycles. The Morgan fingerprint density at radius 1 is 1.22 bits per heavy atom. The standard InChI is InChI=1S/C15H30N2O/c1-3-13-4-6-15(7-5-13)17(2)10-8-14-12-18-11-9-16-14/h13-16H,3-12H2,1-2H3. The molecule has 0 spiro atoms. The average molecular weight is 254 g/mol. The number of hydrogen-bond acceptors (Lipinski definition) is 3. The van der Waals surface area contributed by atoms with Crippen LogP contribution in [-0.2, 0) is 4.74 Å². The predicted octanol–water partition coefficient (Wildman–Crippen LogP) is 2.27. The van der Waals surface area contributed by atoms with Gasteiger partial charge in [0.1, 0.15) is 0 Å². The van der Waals surface area contributed by atoms with Crippen molar-refractivity contribution in [2.45, 2.75) is 57.5 Å². The molecule has 1 saturated heterocycles. The van der Waals surface area contributed by atoms with Gasteiger partial charge in [0.25, 0.3) is 0 Å². The quantitative estimate of drug-likeness (QED) is 0.814. The Balaban J connectivity index is 1.63. The summed E-state index contributed by atoms with van der Waals surface area (Å²) in [5.74, 6) is 1.00. The summed E-state index contributed by atoms with van der Waals surface area (Å²) in [6, 6.07) is 1.41. The van der Waals surface area contributed by atoms with Crippen molar-refractivity contribution in [1.82, 2.24) is 10.2 Å². The van der Waals surface area contributed by atoms with Crippen LogP contribution in [-0.4, -0.2) is 50.3 Å². The van der Waals surface area contributed by atoms with Crippen LogP contribution >= 0.6 is 0 Å². The molecule has 18 heavy (non-hydrogen) atoms. The summed E-state index contributed by atoms with van der Waals surface area (Å²) in [5, 5.41) is 3.54. The van der Waals surface area contributed by atoms with Gasteiger partial charge in [-0.3, -0.25) is 0 Å². The lowest BCUT2D eigenvalue weighted by Crippen LogP contribution is -2.44. The second kappa shape index (κ2) is 7.46. The van der Waals surface area contributed by atoms with Crippen molar-refractivity contribution >= 4 is 0 Å². The summed E-state index contributed by atoms with van der Waals surface area (Å²) >= 11 is 0. The lowest BCUT2D eigenvalue weighted by Gasteiger charge is -2.35. The van der Waals surface area contributed by atoms with Crippen LogP contribution in [0, 0.1) is 5.92 Å². The predicted molar refractivity (Wildman–Crippen MR) is 75.9 cm³/mol. The molecule has 2 aliphatic rings. The van der Waals surface area contributed by atoms with Gasteiger partial charge in [-0.1, -0.05) is 13.3 Å². The van der Waals surface area contributed by atoms with Gasteiger partial charge in [0.15, 0.2) is 0 Å². The maximum absolute atomic E-state index is 5.51. The SMILES string of the molecule is CCC1CCC(N(C)CCC2COCCN2)CC1. The Morgan fingerprint density at radius 2 is 2.00 bits per heavy atom. The van der Waals surface area contributed by atoms with Gasteiger partial charge in [-0.15, -0.1) is 0 Å². The Labute approximate surface area is 112 Å². The largest absolute Gasteiger partial charge is 0.379 e. The molecule has 1 N–H and O–H groups in total. The van der Waals surface area contributed by atoms with Gasteiger partial charge in [0.05, 0.1) is 13.2 Å². The molecule has 1 aliphatic heterocycles. The van der Waals surface area contributed by atoms with Crippen LogP contribution < -0.4 is 5.32 Å². The highest BCUT2D eigenvalue weighted by molar-refractivity contribution is 4.79. The van der Waals surface area contributed by atoms with Crippen molar-refractivity contribution < 1.29 is 4.74 Å². The molecule has 3 nitrogen and oxygen atoms in total. The van der Waals surface area contributed by atoms with E-state index in [2.05, 4.69) is 24.2 Å². The highest BCUT2D eigenvalue weighted by Gasteiger charge is 2.23. The topological polar surface area (TPSA) is 24.5 Å². The fourth-order valence-electron chi connectivity index (χ4n) is 3.34. The van der Waals surface area contributed by atoms with Crippen molar-refractivity contribution in [2.24, 2.45) is 5.92 Å². The molecular weight excluding hydrogens is 224 g/mol. The van der Waals surface area contributed by atoms with Gasteiger partial charge >= 0.3 is 0 Å². The van der Waals surface area contributed by atoms with Gasteiger partial charge in [-0.05, 0) is 51.6 Å². The highest BCUT2D eigenvalue weighted by Crippen LogP contribution is 2.28. The lowest BCUT2D eigenvalue weighted by atomic mass is 9.84. The van der Waals surface area contributed by atoms with E-state index < -0.39 is 0 Å². The van der Waals surface area contributed by atoms with Gasteiger partial charge in [-0.2, -0.15) is 0 Å². The number of ether oxygens (including phenoxy) is 1. The maximum atomic E-state index is 5.51. The van der Waals surface area contributed by atoms with Crippen LogP contribution in [0.3, 0.4) is 0 Å². The molecule has 0 bridgehead atoms. The molecule has 106 valence electrons. The molecule has 1 atom stereocenters. The van der Waals surface area contributed by atoms with E-state index in [4.69, 9.17) is 4.74 Å². The number of nitrogens with one attached hydrogen (secondary N) is 1. The third-order valence-electron chi connectivity index (χ3n) is 4.85. The van der Waals surface area contributed by atoms with Crippen molar-refractivity contribution in [1.29, 1.82) is 0 Å². The molecule has 0 amide bonds. The third-order valence-corrected chi connectivity index (χ3v) is 4.85. The molecule has 1 saturated carbocycles. The zero-order valence-electron chi connectivity index (χ0n) is 12.2. The molecule has 3 heteroatoms. The third kappa shape index (κ3) is 4.22. The number of hydrogen-bond donors (Lipinski definition) is 1. The molecule has 0 aromatic rings. The first kappa shape index (κ1) is 14.3. The Bertz CT molecular complexity index is 221. The van der Waals surface area contributed by atoms with Crippen LogP contribution in [0.25, 0.3) is 0 Å². The van der Waals surface area contributed by atoms with E-state index in [0.29, 0.717) is 6.04 Å². The Hall–Kier alpha value is -0.120. The second-order valence-electron chi connectivity index (χ2n) is 6.08. The van der Waals surface area contributed by atoms with Crippen molar-refractivity contribution in [3.8, 4) is 0 Å². The van der Waals surface area contributed by atoms with E-state index in [0.717, 1.165) is 31.7 Å². The van der Waals surface area contributed by atoms with E-state index in [9.17, 15) is 0 Å². The summed E-state index contributed by atoms with van der Waals surface area (Å²) in [4.78, 5) is 2.59. The van der Waals surface area contributed by atoms with Crippen LogP contribution in [0.5, 0.6) is 0 Å². The first-order valence-corrected chi connectivity index (χ1v) is 7.81. The summed E-state index contributed by atoms with van der Waals surface area (Å²) < 4.78 is 5.51. The van der Waals surface area contributed by atoms with Crippen molar-refractivity contribution in [2.75, 3.05) is 33.4 Å². The van der Waals surface area contributed by atoms with Gasteiger partial charge in [0, 0.05) is 18.6 Å².